The van der Waals surface area contributed by atoms with Crippen LogP contribution in [0.2, 0.25) is 0 Å². The van der Waals surface area contributed by atoms with Crippen LogP contribution in [0.5, 0.6) is 0 Å². The van der Waals surface area contributed by atoms with Crippen LogP contribution in [0.25, 0.3) is 28.1 Å². The minimum Gasteiger partial charge on any atom is -0.464 e. The van der Waals surface area contributed by atoms with Crippen LogP contribution in [-0.2, 0) is 10.9 Å². The van der Waals surface area contributed by atoms with Gasteiger partial charge in [-0.05, 0) is 42.5 Å². The number of hydrogen-bond acceptors (Lipinski definition) is 6. The number of furan rings is 1. The van der Waals surface area contributed by atoms with Gasteiger partial charge in [0.15, 0.2) is 22.7 Å². The number of fused-ring (bicyclic) bond motifs is 3. The standard InChI is InChI=1S/C19H13F3N4O3/c1-28-18(27)12-8-11(13-3-2-6-29-13)23-17-15-10(9-4-5-9)7-14(19(20,21)22)24-16(15)25-26(12)17/h2-3,6-9H,4-5H2,1H3. The molecule has 1 aliphatic carbocycles. The van der Waals surface area contributed by atoms with Crippen LogP contribution in [-0.4, -0.2) is 32.7 Å². The molecular weight excluding hydrogens is 389 g/mol. The van der Waals surface area contributed by atoms with Crippen molar-refractivity contribution in [2.24, 2.45) is 0 Å². The highest BCUT2D eigenvalue weighted by Crippen LogP contribution is 2.45. The van der Waals surface area contributed by atoms with Gasteiger partial charge in [0, 0.05) is 6.07 Å². The van der Waals surface area contributed by atoms with Crippen molar-refractivity contribution in [1.82, 2.24) is 19.6 Å². The summed E-state index contributed by atoms with van der Waals surface area (Å²) in [5.41, 5.74) is -0.0598. The molecule has 1 fully saturated rings. The van der Waals surface area contributed by atoms with Crippen LogP contribution in [0.3, 0.4) is 0 Å². The fraction of sp³-hybridized carbons (Fsp3) is 0.263. The molecule has 4 aromatic heterocycles. The maximum atomic E-state index is 13.3. The van der Waals surface area contributed by atoms with E-state index >= 15 is 0 Å². The molecule has 7 nitrogen and oxygen atoms in total. The number of rotatable bonds is 3. The van der Waals surface area contributed by atoms with E-state index in [1.165, 1.54) is 24.0 Å². The van der Waals surface area contributed by atoms with Crippen molar-refractivity contribution in [2.75, 3.05) is 7.11 Å². The highest BCUT2D eigenvalue weighted by molar-refractivity contribution is 5.97. The minimum absolute atomic E-state index is 0.0113. The van der Waals surface area contributed by atoms with E-state index in [0.29, 0.717) is 22.4 Å². The number of halogens is 3. The Hall–Kier alpha value is -3.43. The molecule has 29 heavy (non-hydrogen) atoms. The number of carbonyl (C=O) groups excluding carboxylic acids is 1. The summed E-state index contributed by atoms with van der Waals surface area (Å²) in [6.07, 6.45) is -1.60. The van der Waals surface area contributed by atoms with Crippen LogP contribution in [0.15, 0.2) is 34.9 Å². The summed E-state index contributed by atoms with van der Waals surface area (Å²) in [6.45, 7) is 0. The van der Waals surface area contributed by atoms with Crippen molar-refractivity contribution in [3.8, 4) is 11.5 Å². The molecular formula is C19H13F3N4O3. The van der Waals surface area contributed by atoms with E-state index in [4.69, 9.17) is 9.15 Å². The lowest BCUT2D eigenvalue weighted by molar-refractivity contribution is -0.141. The zero-order valence-electron chi connectivity index (χ0n) is 15.0. The third kappa shape index (κ3) is 2.82. The van der Waals surface area contributed by atoms with E-state index < -0.39 is 17.8 Å². The van der Waals surface area contributed by atoms with Crippen LogP contribution in [0.1, 0.15) is 40.5 Å². The highest BCUT2D eigenvalue weighted by Gasteiger charge is 2.37. The molecule has 1 saturated carbocycles. The van der Waals surface area contributed by atoms with Gasteiger partial charge in [-0.3, -0.25) is 0 Å². The summed E-state index contributed by atoms with van der Waals surface area (Å²) in [6, 6.07) is 5.81. The van der Waals surface area contributed by atoms with Gasteiger partial charge in [-0.15, -0.1) is 5.10 Å². The fourth-order valence-corrected chi connectivity index (χ4v) is 3.37. The quantitative estimate of drug-likeness (QED) is 0.477. The first kappa shape index (κ1) is 17.7. The summed E-state index contributed by atoms with van der Waals surface area (Å²) >= 11 is 0. The molecule has 0 atom stereocenters. The first-order valence-corrected chi connectivity index (χ1v) is 8.80. The second-order valence-electron chi connectivity index (χ2n) is 6.80. The Kier molecular flexibility index (Phi) is 3.67. The number of carbonyl (C=O) groups is 1. The number of alkyl halides is 3. The molecule has 0 radical (unpaired) electrons. The summed E-state index contributed by atoms with van der Waals surface area (Å²) in [5, 5.41) is 4.57. The normalized spacial score (nSPS) is 14.6. The molecule has 0 bridgehead atoms. The van der Waals surface area contributed by atoms with Gasteiger partial charge in [-0.25, -0.2) is 19.3 Å². The summed E-state index contributed by atoms with van der Waals surface area (Å²) in [4.78, 5) is 20.6. The average molecular weight is 402 g/mol. The molecule has 4 heterocycles. The second-order valence-corrected chi connectivity index (χ2v) is 6.80. The fourth-order valence-electron chi connectivity index (χ4n) is 3.37. The molecule has 10 heteroatoms. The topological polar surface area (TPSA) is 82.5 Å². The van der Waals surface area contributed by atoms with E-state index in [2.05, 4.69) is 15.1 Å². The molecule has 0 amide bonds. The zero-order valence-corrected chi connectivity index (χ0v) is 15.0. The molecule has 0 spiro atoms. The SMILES string of the molecule is COC(=O)c1cc(-c2ccco2)nc2c3c(C4CC4)cc(C(F)(F)F)nc3nn12. The Morgan fingerprint density at radius 1 is 1.28 bits per heavy atom. The molecule has 0 N–H and O–H groups in total. The lowest BCUT2D eigenvalue weighted by Gasteiger charge is -2.08. The molecule has 0 aliphatic heterocycles. The third-order valence-corrected chi connectivity index (χ3v) is 4.85. The van der Waals surface area contributed by atoms with Gasteiger partial charge < -0.3 is 9.15 Å². The summed E-state index contributed by atoms with van der Waals surface area (Å²) in [5.74, 6) is -0.327. The van der Waals surface area contributed by atoms with Crippen molar-refractivity contribution in [1.29, 1.82) is 0 Å². The van der Waals surface area contributed by atoms with Crippen molar-refractivity contribution in [2.45, 2.75) is 24.9 Å². The van der Waals surface area contributed by atoms with Crippen molar-refractivity contribution >= 4 is 22.6 Å². The van der Waals surface area contributed by atoms with E-state index in [-0.39, 0.29) is 22.9 Å². The number of nitrogens with zero attached hydrogens (tertiary/aromatic N) is 4. The van der Waals surface area contributed by atoms with Gasteiger partial charge in [-0.2, -0.15) is 13.2 Å². The van der Waals surface area contributed by atoms with E-state index in [0.717, 1.165) is 18.9 Å². The Morgan fingerprint density at radius 2 is 2.07 bits per heavy atom. The van der Waals surface area contributed by atoms with Crippen LogP contribution in [0, 0.1) is 0 Å². The Balaban J connectivity index is 1.89. The number of ether oxygens (including phenoxy) is 1. The van der Waals surface area contributed by atoms with Gasteiger partial charge in [0.05, 0.1) is 18.8 Å². The van der Waals surface area contributed by atoms with Crippen molar-refractivity contribution in [3.05, 3.63) is 47.5 Å². The Labute approximate surface area is 161 Å². The predicted molar refractivity (Wildman–Crippen MR) is 94.3 cm³/mol. The molecule has 148 valence electrons. The molecule has 1 aliphatic rings. The monoisotopic (exact) mass is 402 g/mol. The number of aromatic nitrogens is 4. The maximum Gasteiger partial charge on any atom is 0.433 e. The maximum absolute atomic E-state index is 13.3. The van der Waals surface area contributed by atoms with E-state index in [9.17, 15) is 18.0 Å². The summed E-state index contributed by atoms with van der Waals surface area (Å²) < 4.78 is 51.4. The average Bonchev–Trinajstić information content (AvgIpc) is 3.25. The lowest BCUT2D eigenvalue weighted by atomic mass is 10.1. The van der Waals surface area contributed by atoms with Crippen LogP contribution >= 0.6 is 0 Å². The van der Waals surface area contributed by atoms with Crippen molar-refractivity contribution in [3.63, 3.8) is 0 Å². The highest BCUT2D eigenvalue weighted by atomic mass is 19.4. The predicted octanol–water partition coefficient (Wildman–Crippen LogP) is 4.22. The lowest BCUT2D eigenvalue weighted by Crippen LogP contribution is -2.10. The smallest absolute Gasteiger partial charge is 0.433 e. The minimum atomic E-state index is -4.61. The Morgan fingerprint density at radius 3 is 2.69 bits per heavy atom. The number of hydrogen-bond donors (Lipinski definition) is 0. The number of pyridine rings is 1. The van der Waals surface area contributed by atoms with Gasteiger partial charge in [0.2, 0.25) is 0 Å². The van der Waals surface area contributed by atoms with Crippen molar-refractivity contribution < 1.29 is 27.1 Å². The van der Waals surface area contributed by atoms with E-state index in [1.807, 2.05) is 0 Å². The van der Waals surface area contributed by atoms with Crippen LogP contribution < -0.4 is 0 Å². The molecule has 0 saturated heterocycles. The molecule has 0 aromatic carbocycles. The zero-order chi connectivity index (χ0) is 20.3. The third-order valence-electron chi connectivity index (χ3n) is 4.85. The largest absolute Gasteiger partial charge is 0.464 e. The van der Waals surface area contributed by atoms with E-state index in [1.54, 1.807) is 12.1 Å². The first-order chi connectivity index (χ1) is 13.9. The van der Waals surface area contributed by atoms with Gasteiger partial charge in [-0.1, -0.05) is 0 Å². The Bertz CT molecular complexity index is 1260. The second kappa shape index (κ2) is 6.03. The molecule has 0 unspecified atom stereocenters. The van der Waals surface area contributed by atoms with Crippen LogP contribution in [0.4, 0.5) is 13.2 Å². The molecule has 4 aromatic rings. The van der Waals surface area contributed by atoms with Gasteiger partial charge >= 0.3 is 12.1 Å². The first-order valence-electron chi connectivity index (χ1n) is 8.80. The van der Waals surface area contributed by atoms with Gasteiger partial charge in [0.1, 0.15) is 11.4 Å². The molecule has 5 rings (SSSR count). The summed E-state index contributed by atoms with van der Waals surface area (Å²) in [7, 11) is 1.21. The number of esters is 1. The number of methoxy groups -OCH3 is 1. The van der Waals surface area contributed by atoms with Gasteiger partial charge in [0.25, 0.3) is 0 Å².